The molecule has 0 rings (SSSR count). The highest BCUT2D eigenvalue weighted by molar-refractivity contribution is 3.94. The predicted molar refractivity (Wildman–Crippen MR) is 18.5 cm³/mol. The van der Waals surface area contributed by atoms with E-state index in [9.17, 15) is 0 Å². The summed E-state index contributed by atoms with van der Waals surface area (Å²) >= 11 is 0. The van der Waals surface area contributed by atoms with Gasteiger partial charge in [-0.1, -0.05) is 0 Å². The van der Waals surface area contributed by atoms with E-state index in [1.165, 1.54) is 0 Å². The first-order valence-corrected chi connectivity index (χ1v) is 1.53. The standard InChI is InChI=1S/C2H5NO3/c1-2-5-6-3-4/h2H2,1H3. The zero-order valence-electron chi connectivity index (χ0n) is 3.38. The van der Waals surface area contributed by atoms with Crippen molar-refractivity contribution in [3.63, 3.8) is 0 Å². The van der Waals surface area contributed by atoms with Gasteiger partial charge in [-0.25, -0.2) is 0 Å². The van der Waals surface area contributed by atoms with Gasteiger partial charge in [0.2, 0.25) is 0 Å². The van der Waals surface area contributed by atoms with Gasteiger partial charge in [-0.2, -0.15) is 9.88 Å². The van der Waals surface area contributed by atoms with Crippen LogP contribution in [0.2, 0.25) is 0 Å². The van der Waals surface area contributed by atoms with E-state index < -0.39 is 0 Å². The Morgan fingerprint density at radius 1 is 1.83 bits per heavy atom. The molecule has 0 heterocycles. The largest absolute Gasteiger partial charge is 0.190 e. The summed E-state index contributed by atoms with van der Waals surface area (Å²) in [7, 11) is 0. The topological polar surface area (TPSA) is 47.9 Å². The highest BCUT2D eigenvalue weighted by Gasteiger charge is 1.71. The van der Waals surface area contributed by atoms with E-state index in [1.54, 1.807) is 6.92 Å². The minimum Gasteiger partial charge on any atom is -0.181 e. The predicted octanol–water partition coefficient (Wildman–Crippen LogP) is 0.636. The van der Waals surface area contributed by atoms with Gasteiger partial charge in [0.15, 0.2) is 5.34 Å². The fourth-order valence-electron chi connectivity index (χ4n) is 0.0742. The first kappa shape index (κ1) is 5.36. The minimum absolute atomic E-state index is 0.339. The molecule has 0 aromatic rings. The number of nitrogens with zero attached hydrogens (tertiary/aromatic N) is 1. The van der Waals surface area contributed by atoms with Crippen molar-refractivity contribution in [2.24, 2.45) is 5.34 Å². The van der Waals surface area contributed by atoms with Crippen molar-refractivity contribution in [1.29, 1.82) is 0 Å². The Bertz CT molecular complexity index is 37.8. The Hall–Kier alpha value is -0.640. The maximum Gasteiger partial charge on any atom is 0.190 e. The summed E-state index contributed by atoms with van der Waals surface area (Å²) in [5.74, 6) is 0. The molecule has 0 fully saturated rings. The third-order valence-electron chi connectivity index (χ3n) is 0.201. The number of rotatable bonds is 3. The zero-order chi connectivity index (χ0) is 4.83. The van der Waals surface area contributed by atoms with Gasteiger partial charge in [-0.05, 0) is 6.92 Å². The molecule has 4 nitrogen and oxygen atoms in total. The van der Waals surface area contributed by atoms with Crippen molar-refractivity contribution in [2.75, 3.05) is 6.61 Å². The fourth-order valence-corrected chi connectivity index (χ4v) is 0.0742. The van der Waals surface area contributed by atoms with Crippen LogP contribution in [-0.4, -0.2) is 6.61 Å². The molecule has 36 valence electrons. The number of hydrogen-bond acceptors (Lipinski definition) is 4. The maximum atomic E-state index is 8.97. The lowest BCUT2D eigenvalue weighted by Gasteiger charge is -1.83. The van der Waals surface area contributed by atoms with Gasteiger partial charge in [0.1, 0.15) is 0 Å². The summed E-state index contributed by atoms with van der Waals surface area (Å²) in [6, 6.07) is 0. The van der Waals surface area contributed by atoms with Gasteiger partial charge in [-0.3, -0.25) is 0 Å². The SMILES string of the molecule is CCOON=O. The van der Waals surface area contributed by atoms with Crippen LogP contribution in [0.25, 0.3) is 0 Å². The second-order valence-electron chi connectivity index (χ2n) is 0.556. The lowest BCUT2D eigenvalue weighted by molar-refractivity contribution is -0.294. The highest BCUT2D eigenvalue weighted by Crippen LogP contribution is 1.72. The molecule has 0 aliphatic rings. The smallest absolute Gasteiger partial charge is 0.181 e. The molecule has 0 bridgehead atoms. The molecule has 0 N–H and O–H groups in total. The van der Waals surface area contributed by atoms with Gasteiger partial charge in [0.05, 0.1) is 6.61 Å². The average Bonchev–Trinajstić information content (AvgIpc) is 1.61. The third-order valence-corrected chi connectivity index (χ3v) is 0.201. The van der Waals surface area contributed by atoms with Gasteiger partial charge < -0.3 is 0 Å². The first-order valence-electron chi connectivity index (χ1n) is 1.53. The third kappa shape index (κ3) is 3.36. The van der Waals surface area contributed by atoms with Crippen LogP contribution in [0.1, 0.15) is 6.92 Å². The van der Waals surface area contributed by atoms with Crippen LogP contribution in [0.5, 0.6) is 0 Å². The molecule has 0 saturated carbocycles. The summed E-state index contributed by atoms with van der Waals surface area (Å²) < 4.78 is 0. The van der Waals surface area contributed by atoms with E-state index in [2.05, 4.69) is 9.88 Å². The van der Waals surface area contributed by atoms with E-state index in [1.807, 2.05) is 5.34 Å². The molecular weight excluding hydrogens is 86.0 g/mol. The van der Waals surface area contributed by atoms with E-state index in [0.29, 0.717) is 6.61 Å². The quantitative estimate of drug-likeness (QED) is 0.221. The minimum atomic E-state index is 0.339. The second kappa shape index (κ2) is 4.36. The molecule has 0 unspecified atom stereocenters. The summed E-state index contributed by atoms with van der Waals surface area (Å²) in [5.41, 5.74) is 0. The molecule has 0 aromatic carbocycles. The van der Waals surface area contributed by atoms with E-state index in [-0.39, 0.29) is 0 Å². The summed E-state index contributed by atoms with van der Waals surface area (Å²) in [6.07, 6.45) is 0. The van der Waals surface area contributed by atoms with Crippen LogP contribution in [0.3, 0.4) is 0 Å². The van der Waals surface area contributed by atoms with Crippen LogP contribution >= 0.6 is 0 Å². The van der Waals surface area contributed by atoms with Crippen molar-refractivity contribution < 1.29 is 9.88 Å². The average molecular weight is 91.1 g/mol. The van der Waals surface area contributed by atoms with Crippen molar-refractivity contribution in [3.8, 4) is 0 Å². The monoisotopic (exact) mass is 91.0 g/mol. The molecule has 0 amide bonds. The second-order valence-corrected chi connectivity index (χ2v) is 0.556. The van der Waals surface area contributed by atoms with Crippen LogP contribution < -0.4 is 0 Å². The van der Waals surface area contributed by atoms with Crippen LogP contribution in [-0.2, 0) is 9.88 Å². The van der Waals surface area contributed by atoms with E-state index >= 15 is 0 Å². The summed E-state index contributed by atoms with van der Waals surface area (Å²) in [5, 5.41) is 1.95. The van der Waals surface area contributed by atoms with E-state index in [4.69, 9.17) is 4.91 Å². The molecule has 0 aliphatic carbocycles. The van der Waals surface area contributed by atoms with Crippen LogP contribution in [0.4, 0.5) is 0 Å². The maximum absolute atomic E-state index is 8.97. The van der Waals surface area contributed by atoms with Crippen molar-refractivity contribution in [2.45, 2.75) is 6.92 Å². The Kier molecular flexibility index (Phi) is 3.89. The Labute approximate surface area is 34.9 Å². The molecule has 4 heteroatoms. The van der Waals surface area contributed by atoms with Crippen molar-refractivity contribution in [3.05, 3.63) is 4.91 Å². The first-order chi connectivity index (χ1) is 2.91. The normalized spacial score (nSPS) is 7.50. The van der Waals surface area contributed by atoms with Crippen molar-refractivity contribution >= 4 is 0 Å². The Morgan fingerprint density at radius 2 is 2.50 bits per heavy atom. The fraction of sp³-hybridized carbons (Fsp3) is 1.00. The summed E-state index contributed by atoms with van der Waals surface area (Å²) in [6.45, 7) is 2.02. The van der Waals surface area contributed by atoms with Crippen LogP contribution in [0.15, 0.2) is 5.34 Å². The van der Waals surface area contributed by atoms with Crippen LogP contribution in [0, 0.1) is 4.91 Å². The highest BCUT2D eigenvalue weighted by atomic mass is 17.3. The summed E-state index contributed by atoms with van der Waals surface area (Å²) in [4.78, 5) is 16.5. The number of hydrogen-bond donors (Lipinski definition) is 0. The Morgan fingerprint density at radius 3 is 2.67 bits per heavy atom. The molecular formula is C2H5NO3. The van der Waals surface area contributed by atoms with Gasteiger partial charge in [-0.15, -0.1) is 4.91 Å². The lowest BCUT2D eigenvalue weighted by atomic mass is 10.9. The van der Waals surface area contributed by atoms with Crippen molar-refractivity contribution in [1.82, 2.24) is 0 Å². The van der Waals surface area contributed by atoms with Gasteiger partial charge in [0, 0.05) is 0 Å². The Balaban J connectivity index is 2.49. The molecule has 0 saturated heterocycles. The van der Waals surface area contributed by atoms with Gasteiger partial charge in [0.25, 0.3) is 0 Å². The molecule has 0 aromatic heterocycles. The molecule has 0 atom stereocenters. The molecule has 6 heavy (non-hydrogen) atoms. The zero-order valence-corrected chi connectivity index (χ0v) is 3.38. The molecule has 0 spiro atoms. The van der Waals surface area contributed by atoms with Gasteiger partial charge >= 0.3 is 0 Å². The lowest BCUT2D eigenvalue weighted by Crippen LogP contribution is -1.82. The molecule has 0 aliphatic heterocycles. The van der Waals surface area contributed by atoms with E-state index in [0.717, 1.165) is 0 Å². The molecule has 0 radical (unpaired) electrons.